The fourth-order valence-corrected chi connectivity index (χ4v) is 4.19. The molecule has 0 fully saturated rings. The number of hydrogen-bond donors (Lipinski definition) is 2. The molecule has 0 amide bonds. The molecule has 0 unspecified atom stereocenters. The minimum atomic E-state index is 0.415. The number of ether oxygens (including phenoxy) is 1. The zero-order valence-electron chi connectivity index (χ0n) is 19.8. The average molecular weight is 466 g/mol. The summed E-state index contributed by atoms with van der Waals surface area (Å²) in [5.41, 5.74) is 12.7. The third-order valence-electron chi connectivity index (χ3n) is 6.13. The summed E-state index contributed by atoms with van der Waals surface area (Å²) in [6.45, 7) is 6.02. The SMILES string of the molecule is Cc1cc2c(N)nccc2c(C)c1CNc1cnnc(OCc2ccc(Cn3cccn3)cc2)c1. The topological polar surface area (TPSA) is 104 Å². The Labute approximate surface area is 203 Å². The minimum absolute atomic E-state index is 0.415. The summed E-state index contributed by atoms with van der Waals surface area (Å²) >= 11 is 0. The number of nitrogen functional groups attached to an aromatic ring is 1. The van der Waals surface area contributed by atoms with Gasteiger partial charge in [-0.25, -0.2) is 4.98 Å². The maximum absolute atomic E-state index is 6.07. The van der Waals surface area contributed by atoms with Crippen LogP contribution in [0.15, 0.2) is 73.3 Å². The monoisotopic (exact) mass is 465 g/mol. The molecule has 8 nitrogen and oxygen atoms in total. The van der Waals surface area contributed by atoms with Crippen LogP contribution in [0.2, 0.25) is 0 Å². The summed E-state index contributed by atoms with van der Waals surface area (Å²) in [6.07, 6.45) is 7.18. The molecular weight excluding hydrogens is 438 g/mol. The summed E-state index contributed by atoms with van der Waals surface area (Å²) in [7, 11) is 0. The van der Waals surface area contributed by atoms with Crippen LogP contribution >= 0.6 is 0 Å². The fourth-order valence-electron chi connectivity index (χ4n) is 4.19. The van der Waals surface area contributed by atoms with Gasteiger partial charge in [0.25, 0.3) is 0 Å². The van der Waals surface area contributed by atoms with Crippen molar-refractivity contribution in [2.45, 2.75) is 33.5 Å². The number of benzene rings is 2. The highest BCUT2D eigenvalue weighted by Gasteiger charge is 2.10. The molecule has 0 aliphatic carbocycles. The van der Waals surface area contributed by atoms with Crippen LogP contribution in [0.3, 0.4) is 0 Å². The van der Waals surface area contributed by atoms with Crippen LogP contribution < -0.4 is 15.8 Å². The van der Waals surface area contributed by atoms with Gasteiger partial charge in [-0.1, -0.05) is 24.3 Å². The van der Waals surface area contributed by atoms with Crippen molar-refractivity contribution in [1.29, 1.82) is 0 Å². The number of aromatic nitrogens is 5. The molecule has 0 aliphatic heterocycles. The van der Waals surface area contributed by atoms with Gasteiger partial charge in [0.05, 0.1) is 18.4 Å². The molecule has 0 radical (unpaired) electrons. The maximum Gasteiger partial charge on any atom is 0.235 e. The Balaban J connectivity index is 1.22. The van der Waals surface area contributed by atoms with E-state index < -0.39 is 0 Å². The van der Waals surface area contributed by atoms with Crippen LogP contribution in [0, 0.1) is 13.8 Å². The molecule has 0 aliphatic rings. The van der Waals surface area contributed by atoms with Crippen LogP contribution in [-0.4, -0.2) is 25.0 Å². The van der Waals surface area contributed by atoms with E-state index in [1.54, 1.807) is 18.6 Å². The first-order chi connectivity index (χ1) is 17.1. The van der Waals surface area contributed by atoms with Crippen LogP contribution in [-0.2, 0) is 19.7 Å². The predicted molar refractivity (Wildman–Crippen MR) is 137 cm³/mol. The Hall–Kier alpha value is -4.46. The fraction of sp³-hybridized carbons (Fsp3) is 0.185. The standard InChI is InChI=1S/C27H27N7O/c1-18-12-24-23(8-10-29-27(24)28)19(2)25(18)15-30-22-13-26(33-31-14-22)35-17-21-6-4-20(5-7-21)16-34-11-3-9-32-34/h3-14H,15-17H2,1-2H3,(H2,28,29)(H,30,33). The zero-order valence-corrected chi connectivity index (χ0v) is 19.8. The normalized spacial score (nSPS) is 11.0. The number of pyridine rings is 1. The second-order valence-corrected chi connectivity index (χ2v) is 8.53. The summed E-state index contributed by atoms with van der Waals surface area (Å²) in [5.74, 6) is 1.03. The quantitative estimate of drug-likeness (QED) is 0.343. The van der Waals surface area contributed by atoms with Crippen molar-refractivity contribution in [1.82, 2.24) is 25.0 Å². The molecule has 2 aromatic carbocycles. The number of hydrogen-bond acceptors (Lipinski definition) is 7. The molecule has 176 valence electrons. The smallest absolute Gasteiger partial charge is 0.235 e. The van der Waals surface area contributed by atoms with Gasteiger partial charge >= 0.3 is 0 Å². The molecule has 0 spiro atoms. The van der Waals surface area contributed by atoms with E-state index in [0.29, 0.717) is 24.8 Å². The Kier molecular flexibility index (Phi) is 6.26. The van der Waals surface area contributed by atoms with Crippen LogP contribution in [0.1, 0.15) is 27.8 Å². The van der Waals surface area contributed by atoms with Crippen molar-refractivity contribution in [3.63, 3.8) is 0 Å². The van der Waals surface area contributed by atoms with E-state index in [1.165, 1.54) is 16.7 Å². The number of anilines is 2. The third-order valence-corrected chi connectivity index (χ3v) is 6.13. The third kappa shape index (κ3) is 5.06. The zero-order chi connectivity index (χ0) is 24.2. The van der Waals surface area contributed by atoms with Gasteiger partial charge in [-0.3, -0.25) is 4.68 Å². The highest BCUT2D eigenvalue weighted by Crippen LogP contribution is 2.28. The molecule has 0 saturated carbocycles. The molecule has 5 aromatic rings. The lowest BCUT2D eigenvalue weighted by Gasteiger charge is -2.15. The number of fused-ring (bicyclic) bond motifs is 1. The van der Waals surface area contributed by atoms with E-state index in [4.69, 9.17) is 10.5 Å². The molecule has 0 bridgehead atoms. The summed E-state index contributed by atoms with van der Waals surface area (Å²) in [4.78, 5) is 4.21. The van der Waals surface area contributed by atoms with E-state index in [0.717, 1.165) is 34.1 Å². The molecule has 0 saturated heterocycles. The van der Waals surface area contributed by atoms with Gasteiger partial charge in [-0.05, 0) is 65.3 Å². The summed E-state index contributed by atoms with van der Waals surface area (Å²) < 4.78 is 7.79. The van der Waals surface area contributed by atoms with Crippen molar-refractivity contribution in [3.05, 3.63) is 101 Å². The number of nitrogens with one attached hydrogen (secondary N) is 1. The predicted octanol–water partition coefficient (Wildman–Crippen LogP) is 4.66. The van der Waals surface area contributed by atoms with Crippen LogP contribution in [0.5, 0.6) is 5.88 Å². The van der Waals surface area contributed by atoms with Crippen LogP contribution in [0.25, 0.3) is 10.8 Å². The number of rotatable bonds is 8. The molecule has 3 N–H and O–H groups in total. The van der Waals surface area contributed by atoms with Gasteiger partial charge in [-0.2, -0.15) is 10.2 Å². The average Bonchev–Trinajstić information content (AvgIpc) is 3.38. The van der Waals surface area contributed by atoms with Crippen LogP contribution in [0.4, 0.5) is 11.5 Å². The molecule has 3 aromatic heterocycles. The van der Waals surface area contributed by atoms with Crippen molar-refractivity contribution < 1.29 is 4.74 Å². The first kappa shape index (κ1) is 22.3. The van der Waals surface area contributed by atoms with Crippen molar-refractivity contribution >= 4 is 22.3 Å². The van der Waals surface area contributed by atoms with Gasteiger partial charge in [0.1, 0.15) is 12.4 Å². The Morgan fingerprint density at radius 3 is 2.63 bits per heavy atom. The highest BCUT2D eigenvalue weighted by molar-refractivity contribution is 5.94. The molecule has 5 rings (SSSR count). The molecule has 8 heteroatoms. The van der Waals surface area contributed by atoms with E-state index in [2.05, 4.69) is 69.8 Å². The number of aryl methyl sites for hydroxylation is 2. The highest BCUT2D eigenvalue weighted by atomic mass is 16.5. The number of nitrogens with zero attached hydrogens (tertiary/aromatic N) is 5. The van der Waals surface area contributed by atoms with E-state index in [-0.39, 0.29) is 0 Å². The first-order valence-electron chi connectivity index (χ1n) is 11.4. The minimum Gasteiger partial charge on any atom is -0.472 e. The Bertz CT molecular complexity index is 1450. The number of nitrogens with two attached hydrogens (primary N) is 1. The van der Waals surface area contributed by atoms with Gasteiger partial charge in [0.2, 0.25) is 5.88 Å². The van der Waals surface area contributed by atoms with Gasteiger partial charge < -0.3 is 15.8 Å². The van der Waals surface area contributed by atoms with Crippen molar-refractivity contribution in [3.8, 4) is 5.88 Å². The molecule has 35 heavy (non-hydrogen) atoms. The second-order valence-electron chi connectivity index (χ2n) is 8.53. The van der Waals surface area contributed by atoms with E-state index in [9.17, 15) is 0 Å². The van der Waals surface area contributed by atoms with Gasteiger partial charge in [0.15, 0.2) is 0 Å². The van der Waals surface area contributed by atoms with E-state index in [1.807, 2.05) is 29.1 Å². The van der Waals surface area contributed by atoms with Gasteiger partial charge in [0, 0.05) is 36.6 Å². The van der Waals surface area contributed by atoms with Gasteiger partial charge in [-0.15, -0.1) is 5.10 Å². The lowest BCUT2D eigenvalue weighted by atomic mass is 9.96. The lowest BCUT2D eigenvalue weighted by molar-refractivity contribution is 0.290. The Morgan fingerprint density at radius 1 is 1.00 bits per heavy atom. The van der Waals surface area contributed by atoms with Crippen molar-refractivity contribution in [2.75, 3.05) is 11.1 Å². The van der Waals surface area contributed by atoms with Crippen molar-refractivity contribution in [2.24, 2.45) is 0 Å². The first-order valence-corrected chi connectivity index (χ1v) is 11.4. The second kappa shape index (κ2) is 9.80. The summed E-state index contributed by atoms with van der Waals surface area (Å²) in [5, 5.41) is 18.0. The Morgan fingerprint density at radius 2 is 1.83 bits per heavy atom. The maximum atomic E-state index is 6.07. The largest absolute Gasteiger partial charge is 0.472 e. The molecule has 0 atom stereocenters. The molecule has 3 heterocycles. The lowest BCUT2D eigenvalue weighted by Crippen LogP contribution is -2.06. The summed E-state index contributed by atoms with van der Waals surface area (Å²) in [6, 6.07) is 16.2. The van der Waals surface area contributed by atoms with E-state index >= 15 is 0 Å². The molecular formula is C27H27N7O.